The monoisotopic (exact) mass is 278 g/mol. The van der Waals surface area contributed by atoms with E-state index in [9.17, 15) is 4.39 Å². The summed E-state index contributed by atoms with van der Waals surface area (Å²) in [5.74, 6) is 1.59. The fraction of sp³-hybridized carbons (Fsp3) is 0.231. The molecule has 0 aliphatic carbocycles. The zero-order valence-electron chi connectivity index (χ0n) is 10.3. The van der Waals surface area contributed by atoms with Crippen LogP contribution in [0.1, 0.15) is 11.6 Å². The molecular weight excluding hydrogens is 267 g/mol. The van der Waals surface area contributed by atoms with Gasteiger partial charge in [0.15, 0.2) is 0 Å². The first-order chi connectivity index (χ1) is 9.19. The first-order valence-electron chi connectivity index (χ1n) is 5.86. The Balaban J connectivity index is 2.13. The molecular formula is C13H12ClFN4. The van der Waals surface area contributed by atoms with Crippen molar-refractivity contribution < 1.29 is 4.39 Å². The molecule has 0 aliphatic heterocycles. The summed E-state index contributed by atoms with van der Waals surface area (Å²) in [4.78, 5) is 8.64. The lowest BCUT2D eigenvalue weighted by atomic mass is 10.3. The number of nitrogens with zero attached hydrogens (tertiary/aromatic N) is 4. The largest absolute Gasteiger partial charge is 0.337 e. The van der Waals surface area contributed by atoms with Gasteiger partial charge in [-0.05, 0) is 12.1 Å². The van der Waals surface area contributed by atoms with Crippen LogP contribution < -0.4 is 0 Å². The second-order valence-corrected chi connectivity index (χ2v) is 4.60. The highest BCUT2D eigenvalue weighted by Gasteiger charge is 2.12. The van der Waals surface area contributed by atoms with Gasteiger partial charge in [-0.3, -0.25) is 0 Å². The highest BCUT2D eigenvalue weighted by Crippen LogP contribution is 2.19. The predicted molar refractivity (Wildman–Crippen MR) is 71.6 cm³/mol. The minimum atomic E-state index is -0.296. The lowest BCUT2D eigenvalue weighted by molar-refractivity contribution is 0.629. The molecule has 19 heavy (non-hydrogen) atoms. The lowest BCUT2D eigenvalue weighted by Crippen LogP contribution is -2.08. The number of aromatic nitrogens is 4. The maximum Gasteiger partial charge on any atom is 0.128 e. The van der Waals surface area contributed by atoms with E-state index in [2.05, 4.69) is 9.97 Å². The van der Waals surface area contributed by atoms with E-state index in [0.717, 1.165) is 11.3 Å². The summed E-state index contributed by atoms with van der Waals surface area (Å²) in [6.07, 6.45) is 3.63. The van der Waals surface area contributed by atoms with Crippen molar-refractivity contribution in [2.45, 2.75) is 12.4 Å². The van der Waals surface area contributed by atoms with E-state index in [1.807, 2.05) is 22.4 Å². The summed E-state index contributed by atoms with van der Waals surface area (Å²) in [7, 11) is 1.93. The molecule has 0 radical (unpaired) electrons. The van der Waals surface area contributed by atoms with Gasteiger partial charge in [0.25, 0.3) is 0 Å². The van der Waals surface area contributed by atoms with Gasteiger partial charge >= 0.3 is 0 Å². The van der Waals surface area contributed by atoms with E-state index >= 15 is 0 Å². The Morgan fingerprint density at radius 2 is 2.16 bits per heavy atom. The van der Waals surface area contributed by atoms with Crippen LogP contribution in [-0.4, -0.2) is 19.1 Å². The van der Waals surface area contributed by atoms with Crippen LogP contribution in [0.2, 0.25) is 0 Å². The van der Waals surface area contributed by atoms with Crippen molar-refractivity contribution in [2.75, 3.05) is 0 Å². The van der Waals surface area contributed by atoms with Crippen molar-refractivity contribution in [1.29, 1.82) is 0 Å². The van der Waals surface area contributed by atoms with Crippen molar-refractivity contribution in [2.24, 2.45) is 7.05 Å². The summed E-state index contributed by atoms with van der Waals surface area (Å²) in [6, 6.07) is 4.56. The quantitative estimate of drug-likeness (QED) is 0.691. The van der Waals surface area contributed by atoms with E-state index in [-0.39, 0.29) is 11.7 Å². The second kappa shape index (κ2) is 4.66. The number of fused-ring (bicyclic) bond motifs is 1. The van der Waals surface area contributed by atoms with Crippen molar-refractivity contribution in [1.82, 2.24) is 19.1 Å². The molecule has 4 nitrogen and oxygen atoms in total. The highest BCUT2D eigenvalue weighted by molar-refractivity contribution is 6.16. The molecule has 3 rings (SSSR count). The second-order valence-electron chi connectivity index (χ2n) is 4.34. The van der Waals surface area contributed by atoms with E-state index in [0.29, 0.717) is 17.9 Å². The maximum atomic E-state index is 13.2. The average molecular weight is 279 g/mol. The van der Waals surface area contributed by atoms with Crippen molar-refractivity contribution in [3.05, 3.63) is 48.1 Å². The Morgan fingerprint density at radius 3 is 2.84 bits per heavy atom. The number of benzene rings is 1. The molecule has 0 N–H and O–H groups in total. The van der Waals surface area contributed by atoms with Crippen LogP contribution in [0.25, 0.3) is 11.0 Å². The molecule has 2 heterocycles. The third-order valence-electron chi connectivity index (χ3n) is 3.13. The smallest absolute Gasteiger partial charge is 0.128 e. The SMILES string of the molecule is Cn1ccnc1Cn1c(CCl)nc2cc(F)ccc21. The molecule has 0 spiro atoms. The molecule has 6 heteroatoms. The molecule has 0 atom stereocenters. The zero-order chi connectivity index (χ0) is 13.4. The fourth-order valence-electron chi connectivity index (χ4n) is 2.12. The summed E-state index contributed by atoms with van der Waals surface area (Å²) >= 11 is 5.92. The molecule has 0 aliphatic rings. The van der Waals surface area contributed by atoms with Gasteiger partial charge in [-0.1, -0.05) is 0 Å². The molecule has 2 aromatic heterocycles. The van der Waals surface area contributed by atoms with Gasteiger partial charge in [0.2, 0.25) is 0 Å². The minimum absolute atomic E-state index is 0.278. The van der Waals surface area contributed by atoms with Crippen molar-refractivity contribution in [3.8, 4) is 0 Å². The number of imidazole rings is 2. The number of halogens is 2. The molecule has 1 aromatic carbocycles. The van der Waals surface area contributed by atoms with E-state index in [4.69, 9.17) is 11.6 Å². The topological polar surface area (TPSA) is 35.6 Å². The molecule has 0 saturated carbocycles. The third-order valence-corrected chi connectivity index (χ3v) is 3.37. The molecule has 0 unspecified atom stereocenters. The number of aryl methyl sites for hydroxylation is 1. The summed E-state index contributed by atoms with van der Waals surface area (Å²) in [5.41, 5.74) is 1.48. The van der Waals surface area contributed by atoms with Crippen molar-refractivity contribution >= 4 is 22.6 Å². The van der Waals surface area contributed by atoms with E-state index in [1.165, 1.54) is 12.1 Å². The van der Waals surface area contributed by atoms with Crippen LogP contribution in [0.5, 0.6) is 0 Å². The first-order valence-corrected chi connectivity index (χ1v) is 6.39. The number of alkyl halides is 1. The van der Waals surface area contributed by atoms with Gasteiger partial charge < -0.3 is 9.13 Å². The Hall–Kier alpha value is -1.88. The Kier molecular flexibility index (Phi) is 2.98. The fourth-order valence-corrected chi connectivity index (χ4v) is 2.33. The first kappa shape index (κ1) is 12.2. The highest BCUT2D eigenvalue weighted by atomic mass is 35.5. The van der Waals surface area contributed by atoms with Gasteiger partial charge in [-0.2, -0.15) is 0 Å². The molecule has 98 valence electrons. The van der Waals surface area contributed by atoms with Crippen molar-refractivity contribution in [3.63, 3.8) is 0 Å². The van der Waals surface area contributed by atoms with Crippen LogP contribution in [0.15, 0.2) is 30.6 Å². The predicted octanol–water partition coefficient (Wildman–Crippen LogP) is 2.70. The summed E-state index contributed by atoms with van der Waals surface area (Å²) < 4.78 is 17.1. The average Bonchev–Trinajstić information content (AvgIpc) is 2.94. The minimum Gasteiger partial charge on any atom is -0.337 e. The maximum absolute atomic E-state index is 13.2. The number of hydrogen-bond acceptors (Lipinski definition) is 2. The van der Waals surface area contributed by atoms with Crippen LogP contribution >= 0.6 is 11.6 Å². The van der Waals surface area contributed by atoms with Gasteiger partial charge in [0.05, 0.1) is 23.5 Å². The molecule has 0 fully saturated rings. The Labute approximate surface area is 114 Å². The van der Waals surface area contributed by atoms with Crippen LogP contribution in [-0.2, 0) is 19.5 Å². The number of rotatable bonds is 3. The Bertz CT molecular complexity index is 731. The van der Waals surface area contributed by atoms with E-state index in [1.54, 1.807) is 12.3 Å². The lowest BCUT2D eigenvalue weighted by Gasteiger charge is -2.07. The molecule has 0 amide bonds. The van der Waals surface area contributed by atoms with Crippen LogP contribution in [0, 0.1) is 5.82 Å². The molecule has 3 aromatic rings. The zero-order valence-corrected chi connectivity index (χ0v) is 11.1. The van der Waals surface area contributed by atoms with Crippen LogP contribution in [0.3, 0.4) is 0 Å². The van der Waals surface area contributed by atoms with Gasteiger partial charge in [0.1, 0.15) is 17.5 Å². The normalized spacial score (nSPS) is 11.3. The molecule has 0 saturated heterocycles. The van der Waals surface area contributed by atoms with E-state index < -0.39 is 0 Å². The Morgan fingerprint density at radius 1 is 1.32 bits per heavy atom. The summed E-state index contributed by atoms with van der Waals surface area (Å²) in [6.45, 7) is 0.563. The number of hydrogen-bond donors (Lipinski definition) is 0. The standard InChI is InChI=1S/C13H12ClFN4/c1-18-5-4-16-13(18)8-19-11-3-2-9(15)6-10(11)17-12(19)7-14/h2-6H,7-8H2,1H3. The van der Waals surface area contributed by atoms with Gasteiger partial charge in [0, 0.05) is 25.5 Å². The molecule has 0 bridgehead atoms. The van der Waals surface area contributed by atoms with Crippen LogP contribution in [0.4, 0.5) is 4.39 Å². The van der Waals surface area contributed by atoms with Gasteiger partial charge in [-0.15, -0.1) is 11.6 Å². The summed E-state index contributed by atoms with van der Waals surface area (Å²) in [5, 5.41) is 0. The third kappa shape index (κ3) is 2.10. The van der Waals surface area contributed by atoms with Gasteiger partial charge in [-0.25, -0.2) is 14.4 Å².